The van der Waals surface area contributed by atoms with Gasteiger partial charge in [-0.1, -0.05) is 0 Å². The highest BCUT2D eigenvalue weighted by Crippen LogP contribution is 2.32. The van der Waals surface area contributed by atoms with Gasteiger partial charge in [0.1, 0.15) is 0 Å². The quantitative estimate of drug-likeness (QED) is 0.870. The lowest BCUT2D eigenvalue weighted by Gasteiger charge is -2.28. The lowest BCUT2D eigenvalue weighted by Crippen LogP contribution is -2.39. The van der Waals surface area contributed by atoms with Crippen molar-refractivity contribution in [2.45, 2.75) is 58.0 Å². The third-order valence-corrected chi connectivity index (χ3v) is 4.39. The zero-order chi connectivity index (χ0) is 14.1. The number of rotatable bonds is 3. The van der Waals surface area contributed by atoms with E-state index in [-0.39, 0.29) is 5.91 Å². The lowest BCUT2D eigenvalue weighted by atomic mass is 9.89. The Kier molecular flexibility index (Phi) is 3.65. The number of nitrogens with one attached hydrogen (secondary N) is 2. The molecule has 0 spiro atoms. The number of carbonyl (C=O) groups is 1. The van der Waals surface area contributed by atoms with Gasteiger partial charge in [0.15, 0.2) is 0 Å². The molecule has 0 radical (unpaired) electrons. The predicted molar refractivity (Wildman–Crippen MR) is 75.2 cm³/mol. The van der Waals surface area contributed by atoms with Gasteiger partial charge < -0.3 is 5.32 Å². The Balaban J connectivity index is 1.55. The minimum atomic E-state index is 0.00125. The monoisotopic (exact) mass is 275 g/mol. The normalized spacial score (nSPS) is 28.4. The molecule has 2 bridgehead atoms. The van der Waals surface area contributed by atoms with Crippen molar-refractivity contribution >= 4 is 11.9 Å². The van der Waals surface area contributed by atoms with E-state index in [1.807, 2.05) is 13.8 Å². The van der Waals surface area contributed by atoms with Crippen LogP contribution in [0.25, 0.3) is 0 Å². The van der Waals surface area contributed by atoms with E-state index in [0.29, 0.717) is 30.4 Å². The Hall–Kier alpha value is -1.56. The first-order chi connectivity index (χ1) is 9.60. The summed E-state index contributed by atoms with van der Waals surface area (Å²) >= 11 is 0. The van der Waals surface area contributed by atoms with Crippen LogP contribution in [0.15, 0.2) is 0 Å². The molecule has 108 valence electrons. The number of aryl methyl sites for hydroxylation is 2. The van der Waals surface area contributed by atoms with Gasteiger partial charge in [-0.3, -0.25) is 10.1 Å². The van der Waals surface area contributed by atoms with Crippen molar-refractivity contribution in [3.8, 4) is 0 Å². The largest absolute Gasteiger partial charge is 0.311 e. The van der Waals surface area contributed by atoms with Crippen LogP contribution in [0.5, 0.6) is 0 Å². The van der Waals surface area contributed by atoms with Gasteiger partial charge in [0.25, 0.3) is 0 Å². The fourth-order valence-electron chi connectivity index (χ4n) is 3.29. The topological polar surface area (TPSA) is 79.8 Å². The van der Waals surface area contributed by atoms with E-state index in [1.165, 1.54) is 12.8 Å². The van der Waals surface area contributed by atoms with E-state index >= 15 is 0 Å². The van der Waals surface area contributed by atoms with E-state index in [0.717, 1.165) is 24.2 Å². The molecule has 1 aromatic heterocycles. The Morgan fingerprint density at radius 2 is 1.90 bits per heavy atom. The minimum absolute atomic E-state index is 0.00125. The molecular formula is C14H21N5O. The molecule has 0 aromatic carbocycles. The maximum atomic E-state index is 12.1. The van der Waals surface area contributed by atoms with Crippen LogP contribution in [0.1, 0.15) is 43.5 Å². The molecule has 1 amide bonds. The fourth-order valence-corrected chi connectivity index (χ4v) is 3.29. The van der Waals surface area contributed by atoms with E-state index in [9.17, 15) is 4.79 Å². The van der Waals surface area contributed by atoms with Gasteiger partial charge in [0, 0.05) is 18.5 Å². The van der Waals surface area contributed by atoms with Crippen LogP contribution in [-0.4, -0.2) is 33.2 Å². The van der Waals surface area contributed by atoms with Gasteiger partial charge in [0.2, 0.25) is 11.9 Å². The fraction of sp³-hybridized carbons (Fsp3) is 0.714. The molecule has 2 saturated heterocycles. The molecule has 2 aliphatic rings. The number of piperidine rings is 1. The summed E-state index contributed by atoms with van der Waals surface area (Å²) in [6, 6.07) is 1.23. The number of carbonyl (C=O) groups excluding carboxylic acids is 1. The van der Waals surface area contributed by atoms with Crippen molar-refractivity contribution < 1.29 is 4.79 Å². The SMILES string of the molecule is Cc1nnc(NC(=O)CC2CC3CCC(C2)N3)nc1C. The van der Waals surface area contributed by atoms with Gasteiger partial charge >= 0.3 is 0 Å². The van der Waals surface area contributed by atoms with Crippen LogP contribution in [0.2, 0.25) is 0 Å². The van der Waals surface area contributed by atoms with Crippen LogP contribution in [0, 0.1) is 19.8 Å². The van der Waals surface area contributed by atoms with Crippen molar-refractivity contribution in [3.63, 3.8) is 0 Å². The third kappa shape index (κ3) is 2.95. The standard InChI is InChI=1S/C14H21N5O/c1-8-9(2)18-19-14(15-8)17-13(20)7-10-5-11-3-4-12(6-10)16-11/h10-12,16H,3-7H2,1-2H3,(H,15,17,19,20). The summed E-state index contributed by atoms with van der Waals surface area (Å²) < 4.78 is 0. The second-order valence-corrected chi connectivity index (χ2v) is 6.03. The number of amides is 1. The summed E-state index contributed by atoms with van der Waals surface area (Å²) in [5.74, 6) is 0.796. The Labute approximate surface area is 118 Å². The molecule has 0 aliphatic carbocycles. The molecule has 3 heterocycles. The van der Waals surface area contributed by atoms with Crippen molar-refractivity contribution in [1.82, 2.24) is 20.5 Å². The molecule has 2 fully saturated rings. The maximum Gasteiger partial charge on any atom is 0.249 e. The van der Waals surface area contributed by atoms with Crippen LogP contribution in [0.3, 0.4) is 0 Å². The third-order valence-electron chi connectivity index (χ3n) is 4.39. The average molecular weight is 275 g/mol. The molecule has 2 atom stereocenters. The molecule has 3 rings (SSSR count). The molecule has 0 saturated carbocycles. The van der Waals surface area contributed by atoms with Crippen LogP contribution < -0.4 is 10.6 Å². The number of hydrogen-bond donors (Lipinski definition) is 2. The Morgan fingerprint density at radius 3 is 2.55 bits per heavy atom. The van der Waals surface area contributed by atoms with E-state index in [2.05, 4.69) is 25.8 Å². The van der Waals surface area contributed by atoms with Gasteiger partial charge in [-0.2, -0.15) is 5.10 Å². The second-order valence-electron chi connectivity index (χ2n) is 6.03. The molecule has 2 unspecified atom stereocenters. The van der Waals surface area contributed by atoms with Crippen LogP contribution >= 0.6 is 0 Å². The van der Waals surface area contributed by atoms with Crippen molar-refractivity contribution in [2.75, 3.05) is 5.32 Å². The Morgan fingerprint density at radius 1 is 1.20 bits per heavy atom. The highest BCUT2D eigenvalue weighted by molar-refractivity contribution is 5.89. The van der Waals surface area contributed by atoms with Gasteiger partial charge in [-0.15, -0.1) is 5.10 Å². The average Bonchev–Trinajstić information content (AvgIpc) is 2.73. The minimum Gasteiger partial charge on any atom is -0.311 e. The van der Waals surface area contributed by atoms with Crippen molar-refractivity contribution in [2.24, 2.45) is 5.92 Å². The first kappa shape index (κ1) is 13.4. The second kappa shape index (κ2) is 5.44. The smallest absolute Gasteiger partial charge is 0.249 e. The highest BCUT2D eigenvalue weighted by atomic mass is 16.1. The number of hydrogen-bond acceptors (Lipinski definition) is 5. The van der Waals surface area contributed by atoms with Crippen LogP contribution in [0.4, 0.5) is 5.95 Å². The first-order valence-corrected chi connectivity index (χ1v) is 7.34. The molecule has 2 N–H and O–H groups in total. The number of aromatic nitrogens is 3. The number of anilines is 1. The summed E-state index contributed by atoms with van der Waals surface area (Å²) in [6.07, 6.45) is 5.29. The summed E-state index contributed by atoms with van der Waals surface area (Å²) in [7, 11) is 0. The van der Waals surface area contributed by atoms with Crippen LogP contribution in [-0.2, 0) is 4.79 Å². The molecule has 20 heavy (non-hydrogen) atoms. The van der Waals surface area contributed by atoms with E-state index in [1.54, 1.807) is 0 Å². The highest BCUT2D eigenvalue weighted by Gasteiger charge is 2.34. The first-order valence-electron chi connectivity index (χ1n) is 7.34. The molecular weight excluding hydrogens is 254 g/mol. The summed E-state index contributed by atoms with van der Waals surface area (Å²) in [5, 5.41) is 14.2. The summed E-state index contributed by atoms with van der Waals surface area (Å²) in [6.45, 7) is 3.72. The zero-order valence-electron chi connectivity index (χ0n) is 12.0. The zero-order valence-corrected chi connectivity index (χ0v) is 12.0. The van der Waals surface area contributed by atoms with Crippen molar-refractivity contribution in [1.29, 1.82) is 0 Å². The van der Waals surface area contributed by atoms with Gasteiger partial charge in [-0.05, 0) is 45.4 Å². The number of nitrogens with zero attached hydrogens (tertiary/aromatic N) is 3. The van der Waals surface area contributed by atoms with Gasteiger partial charge in [-0.25, -0.2) is 4.98 Å². The van der Waals surface area contributed by atoms with E-state index < -0.39 is 0 Å². The lowest BCUT2D eigenvalue weighted by molar-refractivity contribution is -0.117. The predicted octanol–water partition coefficient (Wildman–Crippen LogP) is 1.35. The number of fused-ring (bicyclic) bond motifs is 2. The molecule has 2 aliphatic heterocycles. The van der Waals surface area contributed by atoms with E-state index in [4.69, 9.17) is 0 Å². The van der Waals surface area contributed by atoms with Crippen molar-refractivity contribution in [3.05, 3.63) is 11.4 Å². The molecule has 6 nitrogen and oxygen atoms in total. The maximum absolute atomic E-state index is 12.1. The molecule has 6 heteroatoms. The summed E-state index contributed by atoms with van der Waals surface area (Å²) in [4.78, 5) is 16.3. The molecule has 1 aromatic rings. The Bertz CT molecular complexity index is 506. The summed E-state index contributed by atoms with van der Waals surface area (Å²) in [5.41, 5.74) is 1.59. The van der Waals surface area contributed by atoms with Gasteiger partial charge in [0.05, 0.1) is 11.4 Å².